The highest BCUT2D eigenvalue weighted by Gasteiger charge is 2.24. The van der Waals surface area contributed by atoms with Crippen LogP contribution in [0.25, 0.3) is 0 Å². The van der Waals surface area contributed by atoms with Crippen LogP contribution in [0, 0.1) is 35.8 Å². The van der Waals surface area contributed by atoms with Gasteiger partial charge in [0.2, 0.25) is 0 Å². The van der Waals surface area contributed by atoms with Crippen molar-refractivity contribution in [1.82, 2.24) is 4.98 Å². The number of nitro groups is 1. The minimum absolute atomic E-state index is 0.0495. The zero-order chi connectivity index (χ0) is 14.7. The van der Waals surface area contributed by atoms with Gasteiger partial charge in [0.05, 0.1) is 16.7 Å². The first-order valence-corrected chi connectivity index (χ1v) is 6.53. The second-order valence-corrected chi connectivity index (χ2v) is 5.47. The molecule has 0 bridgehead atoms. The summed E-state index contributed by atoms with van der Waals surface area (Å²) < 4.78 is 0. The van der Waals surface area contributed by atoms with Crippen molar-refractivity contribution in [3.63, 3.8) is 0 Å². The fourth-order valence-electron chi connectivity index (χ4n) is 2.44. The smallest absolute Gasteiger partial charge is 0.278 e. The Labute approximate surface area is 113 Å². The molecule has 0 spiro atoms. The van der Waals surface area contributed by atoms with E-state index in [1.807, 2.05) is 13.8 Å². The molecule has 0 aromatic carbocycles. The van der Waals surface area contributed by atoms with E-state index in [-0.39, 0.29) is 16.5 Å². The molecule has 0 saturated heterocycles. The van der Waals surface area contributed by atoms with Gasteiger partial charge in [0.25, 0.3) is 5.69 Å². The molecule has 19 heavy (non-hydrogen) atoms. The number of aromatic nitrogens is 1. The lowest BCUT2D eigenvalue weighted by atomic mass is 9.85. The first-order chi connectivity index (χ1) is 8.75. The Hall–Kier alpha value is -1.49. The number of rotatable bonds is 5. The van der Waals surface area contributed by atoms with Gasteiger partial charge in [-0.25, -0.2) is 0 Å². The minimum Gasteiger partial charge on any atom is -0.393 e. The van der Waals surface area contributed by atoms with E-state index in [4.69, 9.17) is 0 Å². The number of pyridine rings is 1. The molecule has 1 N–H and O–H groups in total. The summed E-state index contributed by atoms with van der Waals surface area (Å²) in [6.07, 6.45) is 1.64. The molecule has 0 saturated carbocycles. The molecule has 2 unspecified atom stereocenters. The van der Waals surface area contributed by atoms with E-state index >= 15 is 0 Å². The van der Waals surface area contributed by atoms with Gasteiger partial charge in [-0.1, -0.05) is 13.8 Å². The Bertz CT molecular complexity index is 462. The van der Waals surface area contributed by atoms with E-state index in [1.165, 1.54) is 0 Å². The quantitative estimate of drug-likeness (QED) is 0.656. The van der Waals surface area contributed by atoms with E-state index in [9.17, 15) is 15.2 Å². The summed E-state index contributed by atoms with van der Waals surface area (Å²) in [5.41, 5.74) is 2.02. The summed E-state index contributed by atoms with van der Waals surface area (Å²) in [4.78, 5) is 15.0. The number of hydrogen-bond acceptors (Lipinski definition) is 4. The highest BCUT2D eigenvalue weighted by atomic mass is 16.6. The third kappa shape index (κ3) is 3.50. The molecule has 1 aromatic heterocycles. The van der Waals surface area contributed by atoms with Crippen LogP contribution in [0.3, 0.4) is 0 Å². The van der Waals surface area contributed by atoms with Crippen LogP contribution in [0.1, 0.15) is 37.6 Å². The van der Waals surface area contributed by atoms with Gasteiger partial charge in [0.15, 0.2) is 0 Å². The standard InChI is InChI=1S/C14H22N2O3/c1-8(2)12(11(5)17)6-13-10(4)14(16(18)19)9(3)7-15-13/h7-8,11-12,17H,6H2,1-5H3. The number of aryl methyl sites for hydroxylation is 1. The Morgan fingerprint density at radius 1 is 1.37 bits per heavy atom. The molecule has 0 radical (unpaired) electrons. The number of nitrogens with zero attached hydrogens (tertiary/aromatic N) is 2. The maximum Gasteiger partial charge on any atom is 0.278 e. The SMILES string of the molecule is Cc1cnc(CC(C(C)C)C(C)O)c(C)c1[N+](=O)[O-]. The third-order valence-corrected chi connectivity index (χ3v) is 3.66. The molecule has 1 heterocycles. The molecular formula is C14H22N2O3. The summed E-state index contributed by atoms with van der Waals surface area (Å²) in [5, 5.41) is 20.9. The molecule has 0 aliphatic carbocycles. The zero-order valence-corrected chi connectivity index (χ0v) is 12.2. The van der Waals surface area contributed by atoms with Crippen molar-refractivity contribution in [2.45, 2.75) is 47.1 Å². The van der Waals surface area contributed by atoms with Crippen molar-refractivity contribution >= 4 is 5.69 Å². The van der Waals surface area contributed by atoms with Crippen molar-refractivity contribution < 1.29 is 10.0 Å². The molecule has 0 amide bonds. The summed E-state index contributed by atoms with van der Waals surface area (Å²) in [6, 6.07) is 0. The maximum atomic E-state index is 11.1. The topological polar surface area (TPSA) is 76.3 Å². The van der Waals surface area contributed by atoms with E-state index < -0.39 is 6.10 Å². The summed E-state index contributed by atoms with van der Waals surface area (Å²) >= 11 is 0. The second-order valence-electron chi connectivity index (χ2n) is 5.47. The summed E-state index contributed by atoms with van der Waals surface area (Å²) in [7, 11) is 0. The first kappa shape index (κ1) is 15.6. The number of aliphatic hydroxyl groups is 1. The first-order valence-electron chi connectivity index (χ1n) is 6.53. The molecule has 2 atom stereocenters. The van der Waals surface area contributed by atoms with Crippen molar-refractivity contribution in [2.75, 3.05) is 0 Å². The van der Waals surface area contributed by atoms with E-state index in [0.717, 1.165) is 0 Å². The fraction of sp³-hybridized carbons (Fsp3) is 0.643. The highest BCUT2D eigenvalue weighted by molar-refractivity contribution is 5.47. The zero-order valence-electron chi connectivity index (χ0n) is 12.2. The van der Waals surface area contributed by atoms with Crippen LogP contribution in [0.15, 0.2) is 6.20 Å². The van der Waals surface area contributed by atoms with Gasteiger partial charge in [0, 0.05) is 17.3 Å². The molecular weight excluding hydrogens is 244 g/mol. The fourth-order valence-corrected chi connectivity index (χ4v) is 2.44. The van der Waals surface area contributed by atoms with Crippen LogP contribution in [0.5, 0.6) is 0 Å². The van der Waals surface area contributed by atoms with Gasteiger partial charge in [-0.2, -0.15) is 0 Å². The lowest BCUT2D eigenvalue weighted by Gasteiger charge is -2.24. The van der Waals surface area contributed by atoms with Crippen LogP contribution in [-0.2, 0) is 6.42 Å². The highest BCUT2D eigenvalue weighted by Crippen LogP contribution is 2.28. The van der Waals surface area contributed by atoms with E-state index in [2.05, 4.69) is 4.98 Å². The normalized spacial score (nSPS) is 14.5. The number of aliphatic hydroxyl groups excluding tert-OH is 1. The van der Waals surface area contributed by atoms with Crippen LogP contribution >= 0.6 is 0 Å². The largest absolute Gasteiger partial charge is 0.393 e. The average Bonchev–Trinajstić information content (AvgIpc) is 2.26. The van der Waals surface area contributed by atoms with Gasteiger partial charge in [-0.15, -0.1) is 0 Å². The van der Waals surface area contributed by atoms with Crippen LogP contribution in [-0.4, -0.2) is 21.1 Å². The van der Waals surface area contributed by atoms with Crippen molar-refractivity contribution in [2.24, 2.45) is 11.8 Å². The maximum absolute atomic E-state index is 11.1. The van der Waals surface area contributed by atoms with Crippen molar-refractivity contribution in [3.05, 3.63) is 33.1 Å². The van der Waals surface area contributed by atoms with Crippen LogP contribution < -0.4 is 0 Å². The predicted octanol–water partition coefficient (Wildman–Crippen LogP) is 2.80. The van der Waals surface area contributed by atoms with Gasteiger partial charge >= 0.3 is 0 Å². The van der Waals surface area contributed by atoms with Gasteiger partial charge in [0.1, 0.15) is 0 Å². The monoisotopic (exact) mass is 266 g/mol. The molecule has 5 nitrogen and oxygen atoms in total. The predicted molar refractivity (Wildman–Crippen MR) is 74.1 cm³/mol. The van der Waals surface area contributed by atoms with Gasteiger partial charge < -0.3 is 5.11 Å². The summed E-state index contributed by atoms with van der Waals surface area (Å²) in [5.74, 6) is 0.343. The van der Waals surface area contributed by atoms with Gasteiger partial charge in [-0.05, 0) is 39.0 Å². The Kier molecular flexibility index (Phi) is 5.00. The van der Waals surface area contributed by atoms with E-state index in [1.54, 1.807) is 27.0 Å². The molecule has 0 fully saturated rings. The Morgan fingerprint density at radius 3 is 2.37 bits per heavy atom. The molecule has 0 aliphatic rings. The van der Waals surface area contributed by atoms with Crippen molar-refractivity contribution in [3.8, 4) is 0 Å². The lowest BCUT2D eigenvalue weighted by molar-refractivity contribution is -0.386. The molecule has 1 rings (SSSR count). The minimum atomic E-state index is -0.457. The van der Waals surface area contributed by atoms with Gasteiger partial charge in [-0.3, -0.25) is 15.1 Å². The lowest BCUT2D eigenvalue weighted by Crippen LogP contribution is -2.25. The average molecular weight is 266 g/mol. The molecule has 1 aromatic rings. The van der Waals surface area contributed by atoms with Crippen molar-refractivity contribution in [1.29, 1.82) is 0 Å². The van der Waals surface area contributed by atoms with E-state index in [0.29, 0.717) is 29.2 Å². The second kappa shape index (κ2) is 6.10. The third-order valence-electron chi connectivity index (χ3n) is 3.66. The van der Waals surface area contributed by atoms with Crippen LogP contribution in [0.4, 0.5) is 5.69 Å². The Morgan fingerprint density at radius 2 is 1.95 bits per heavy atom. The van der Waals surface area contributed by atoms with Crippen LogP contribution in [0.2, 0.25) is 0 Å². The molecule has 106 valence electrons. The molecule has 5 heteroatoms. The summed E-state index contributed by atoms with van der Waals surface area (Å²) in [6.45, 7) is 9.25. The molecule has 0 aliphatic heterocycles. The Balaban J connectivity index is 3.15. The number of hydrogen-bond donors (Lipinski definition) is 1.